The van der Waals surface area contributed by atoms with Gasteiger partial charge in [0.2, 0.25) is 11.8 Å². The van der Waals surface area contributed by atoms with Crippen LogP contribution in [0.1, 0.15) is 74.3 Å². The van der Waals surface area contributed by atoms with Crippen LogP contribution in [0.2, 0.25) is 0 Å². The Hall–Kier alpha value is -4.58. The van der Waals surface area contributed by atoms with Crippen LogP contribution in [-0.4, -0.2) is 57.9 Å². The molecule has 6 rings (SSSR count). The summed E-state index contributed by atoms with van der Waals surface area (Å²) in [7, 11) is -4.17. The molecule has 252 valence electrons. The lowest BCUT2D eigenvalue weighted by atomic mass is 9.70. The van der Waals surface area contributed by atoms with Crippen LogP contribution in [0.25, 0.3) is 11.3 Å². The van der Waals surface area contributed by atoms with Gasteiger partial charge < -0.3 is 14.4 Å². The molecule has 1 N–H and O–H groups in total. The van der Waals surface area contributed by atoms with E-state index in [4.69, 9.17) is 9.47 Å². The van der Waals surface area contributed by atoms with E-state index in [1.54, 1.807) is 35.5 Å². The van der Waals surface area contributed by atoms with E-state index in [1.807, 2.05) is 32.0 Å². The van der Waals surface area contributed by atoms with Crippen molar-refractivity contribution in [1.82, 2.24) is 24.8 Å². The molecule has 4 aromatic rings. The van der Waals surface area contributed by atoms with E-state index in [0.717, 1.165) is 29.5 Å². The number of hydrogen-bond donors (Lipinski definition) is 1. The van der Waals surface area contributed by atoms with Gasteiger partial charge in [-0.2, -0.15) is 4.98 Å². The summed E-state index contributed by atoms with van der Waals surface area (Å²) in [5.74, 6) is 0.906. The quantitative estimate of drug-likeness (QED) is 0.238. The molecule has 1 saturated carbocycles. The Labute approximate surface area is 282 Å². The first-order valence-corrected chi connectivity index (χ1v) is 17.7. The first-order chi connectivity index (χ1) is 22.8. The van der Waals surface area contributed by atoms with E-state index in [1.165, 1.54) is 12.1 Å². The molecule has 1 aliphatic carbocycles. The molecule has 2 aliphatic rings. The largest absolute Gasteiger partial charge is 0.487 e. The predicted molar refractivity (Wildman–Crippen MR) is 182 cm³/mol. The average Bonchev–Trinajstić information content (AvgIpc) is 3.01. The molecule has 1 fully saturated rings. The Bertz CT molecular complexity index is 1900. The van der Waals surface area contributed by atoms with E-state index in [2.05, 4.69) is 52.4 Å². The highest BCUT2D eigenvalue weighted by Gasteiger charge is 2.38. The summed E-state index contributed by atoms with van der Waals surface area (Å²) >= 11 is 0. The highest BCUT2D eigenvalue weighted by Crippen LogP contribution is 2.41. The number of hydrogen-bond acceptors (Lipinski definition) is 9. The van der Waals surface area contributed by atoms with Crippen molar-refractivity contribution >= 4 is 21.9 Å². The van der Waals surface area contributed by atoms with Crippen LogP contribution in [0.3, 0.4) is 0 Å². The molecule has 0 spiro atoms. The summed E-state index contributed by atoms with van der Waals surface area (Å²) in [6.45, 7) is 12.7. The smallest absolute Gasteiger partial charge is 0.264 e. The van der Waals surface area contributed by atoms with Crippen molar-refractivity contribution in [1.29, 1.82) is 0 Å². The van der Waals surface area contributed by atoms with Crippen LogP contribution in [0.15, 0.2) is 65.8 Å². The number of benzene rings is 2. The van der Waals surface area contributed by atoms with Gasteiger partial charge in [0.25, 0.3) is 15.9 Å². The number of aryl methyl sites for hydroxylation is 2. The zero-order valence-electron chi connectivity index (χ0n) is 28.2. The van der Waals surface area contributed by atoms with E-state index in [9.17, 15) is 13.2 Å². The third-order valence-electron chi connectivity index (χ3n) is 8.78. The molecule has 0 unspecified atom stereocenters. The van der Waals surface area contributed by atoms with Crippen LogP contribution in [0, 0.1) is 25.2 Å². The Morgan fingerprint density at radius 2 is 1.71 bits per heavy atom. The average molecular weight is 671 g/mol. The van der Waals surface area contributed by atoms with Gasteiger partial charge in [-0.25, -0.2) is 28.1 Å². The molecule has 2 aromatic heterocycles. The zero-order chi connectivity index (χ0) is 34.2. The number of carbonyl (C=O) groups excluding carboxylic acids is 1. The highest BCUT2D eigenvalue weighted by atomic mass is 32.2. The van der Waals surface area contributed by atoms with Gasteiger partial charge in [-0.15, -0.1) is 0 Å². The van der Waals surface area contributed by atoms with E-state index in [0.29, 0.717) is 23.7 Å². The summed E-state index contributed by atoms with van der Waals surface area (Å²) in [6.07, 6.45) is 5.96. The fourth-order valence-electron chi connectivity index (χ4n) is 6.50. The first kappa shape index (κ1) is 33.3. The Morgan fingerprint density at radius 1 is 1.02 bits per heavy atom. The maximum absolute atomic E-state index is 14.3. The maximum Gasteiger partial charge on any atom is 0.264 e. The van der Waals surface area contributed by atoms with Gasteiger partial charge >= 0.3 is 0 Å². The monoisotopic (exact) mass is 670 g/mol. The summed E-state index contributed by atoms with van der Waals surface area (Å²) in [4.78, 5) is 34.0. The molecular weight excluding hydrogens is 629 g/mol. The van der Waals surface area contributed by atoms with Crippen LogP contribution in [-0.2, 0) is 16.6 Å². The van der Waals surface area contributed by atoms with Crippen LogP contribution in [0.4, 0.5) is 5.95 Å². The SMILES string of the molecule is Cc1cccc(C)c1-c1cc2nc(n1)NS(=O)(=O)c1cccc(c1)C(=O)N(Cc1ncc(OC3CC(C)(C)C3)cn1)[C@H](CC(C)C)CO2. The second-order valence-electron chi connectivity index (χ2n) is 14.0. The number of carbonyl (C=O) groups is 1. The number of rotatable bonds is 7. The summed E-state index contributed by atoms with van der Waals surface area (Å²) in [5, 5.41) is 0. The number of anilines is 1. The summed E-state index contributed by atoms with van der Waals surface area (Å²) in [5.41, 5.74) is 3.81. The lowest BCUT2D eigenvalue weighted by Crippen LogP contribution is -2.44. The third-order valence-corrected chi connectivity index (χ3v) is 10.1. The lowest BCUT2D eigenvalue weighted by molar-refractivity contribution is 0.0100. The Balaban J connectivity index is 1.38. The Kier molecular flexibility index (Phi) is 9.12. The van der Waals surface area contributed by atoms with E-state index >= 15 is 0 Å². The number of aromatic nitrogens is 4. The van der Waals surface area contributed by atoms with Gasteiger partial charge in [-0.1, -0.05) is 52.0 Å². The molecule has 48 heavy (non-hydrogen) atoms. The number of fused-ring (bicyclic) bond motifs is 4. The lowest BCUT2D eigenvalue weighted by Gasteiger charge is -2.42. The van der Waals surface area contributed by atoms with Crippen LogP contribution in [0.5, 0.6) is 11.6 Å². The van der Waals surface area contributed by atoms with Crippen molar-refractivity contribution in [2.75, 3.05) is 11.3 Å². The third kappa shape index (κ3) is 7.43. The summed E-state index contributed by atoms with van der Waals surface area (Å²) in [6, 6.07) is 13.1. The minimum Gasteiger partial charge on any atom is -0.487 e. The molecule has 1 atom stereocenters. The number of ether oxygens (including phenoxy) is 2. The topological polar surface area (TPSA) is 136 Å². The van der Waals surface area contributed by atoms with Crippen LogP contribution < -0.4 is 14.2 Å². The van der Waals surface area contributed by atoms with Crippen molar-refractivity contribution < 1.29 is 22.7 Å². The van der Waals surface area contributed by atoms with Crippen LogP contribution >= 0.6 is 0 Å². The first-order valence-electron chi connectivity index (χ1n) is 16.3. The second kappa shape index (κ2) is 13.1. The van der Waals surface area contributed by atoms with Gasteiger partial charge in [-0.3, -0.25) is 4.79 Å². The number of amides is 1. The van der Waals surface area contributed by atoms with Crippen molar-refractivity contribution in [3.8, 4) is 22.9 Å². The molecule has 2 aromatic carbocycles. The van der Waals surface area contributed by atoms with Crippen molar-refractivity contribution in [2.24, 2.45) is 11.3 Å². The highest BCUT2D eigenvalue weighted by molar-refractivity contribution is 7.92. The predicted octanol–water partition coefficient (Wildman–Crippen LogP) is 6.37. The van der Waals surface area contributed by atoms with Crippen molar-refractivity contribution in [3.05, 3.63) is 83.4 Å². The molecule has 11 nitrogen and oxygen atoms in total. The maximum atomic E-state index is 14.3. The summed E-state index contributed by atoms with van der Waals surface area (Å²) < 4.78 is 42.1. The molecule has 0 saturated heterocycles. The minimum absolute atomic E-state index is 0.0776. The molecule has 1 amide bonds. The zero-order valence-corrected chi connectivity index (χ0v) is 29.0. The van der Waals surface area contributed by atoms with Gasteiger partial charge in [0.15, 0.2) is 5.75 Å². The van der Waals surface area contributed by atoms with Crippen molar-refractivity contribution in [2.45, 2.75) is 84.4 Å². The fourth-order valence-corrected chi connectivity index (χ4v) is 7.49. The van der Waals surface area contributed by atoms with Gasteiger partial charge in [0.1, 0.15) is 12.4 Å². The minimum atomic E-state index is -4.17. The number of nitrogens with one attached hydrogen (secondary N) is 1. The second-order valence-corrected chi connectivity index (χ2v) is 15.7. The fraction of sp³-hybridized carbons (Fsp3) is 0.417. The van der Waals surface area contributed by atoms with E-state index < -0.39 is 16.1 Å². The van der Waals surface area contributed by atoms with Gasteiger partial charge in [-0.05, 0) is 73.8 Å². The van der Waals surface area contributed by atoms with Crippen molar-refractivity contribution in [3.63, 3.8) is 0 Å². The molecular formula is C36H42N6O5S. The Morgan fingerprint density at radius 3 is 2.38 bits per heavy atom. The standard InChI is InChI=1S/C36H42N6O5S/c1-22(2)13-26-21-46-32-15-30(33-23(3)9-7-10-24(33)4)39-35(40-32)41-48(44,45)29-12-8-11-25(14-29)34(43)42(26)20-31-37-18-28(19-38-31)47-27-16-36(5,6)17-27/h7-12,14-15,18-19,22,26-27H,13,16-17,20-21H2,1-6H3,(H,39,40,41)/t26-/m1/s1. The number of sulfonamides is 1. The van der Waals surface area contributed by atoms with Gasteiger partial charge in [0, 0.05) is 17.2 Å². The molecule has 0 radical (unpaired) electrons. The molecule has 3 heterocycles. The molecule has 12 heteroatoms. The number of nitrogens with zero attached hydrogens (tertiary/aromatic N) is 5. The van der Waals surface area contributed by atoms with Gasteiger partial charge in [0.05, 0.1) is 41.7 Å². The van der Waals surface area contributed by atoms with E-state index in [-0.39, 0.29) is 58.8 Å². The molecule has 4 bridgehead atoms. The molecule has 1 aliphatic heterocycles. The normalized spacial score (nSPS) is 18.9.